The fourth-order valence-electron chi connectivity index (χ4n) is 6.28. The Bertz CT molecular complexity index is 1630. The number of benzene rings is 1. The summed E-state index contributed by atoms with van der Waals surface area (Å²) in [7, 11) is 1.67. The summed E-state index contributed by atoms with van der Waals surface area (Å²) in [6, 6.07) is 15.1. The van der Waals surface area contributed by atoms with Gasteiger partial charge in [-0.2, -0.15) is 9.97 Å². The molecular weight excluding hydrogens is 560 g/mol. The van der Waals surface area contributed by atoms with Crippen LogP contribution in [0.1, 0.15) is 38.2 Å². The molecule has 0 unspecified atom stereocenters. The molecule has 12 heteroatoms. The Morgan fingerprint density at radius 1 is 0.841 bits per heavy atom. The second-order valence-electron chi connectivity index (χ2n) is 11.2. The van der Waals surface area contributed by atoms with E-state index in [1.807, 2.05) is 37.3 Å². The topological polar surface area (TPSA) is 118 Å². The summed E-state index contributed by atoms with van der Waals surface area (Å²) in [5.74, 6) is 1.54. The number of anilines is 2. The zero-order valence-corrected chi connectivity index (χ0v) is 25.2. The van der Waals surface area contributed by atoms with Crippen LogP contribution in [0.2, 0.25) is 0 Å². The molecule has 2 fully saturated rings. The maximum atomic E-state index is 6.35. The van der Waals surface area contributed by atoms with Crippen molar-refractivity contribution in [2.45, 2.75) is 51.2 Å². The number of methoxy groups -OCH3 is 1. The van der Waals surface area contributed by atoms with Gasteiger partial charge in [-0.25, -0.2) is 20.0 Å². The molecule has 0 amide bonds. The second-order valence-corrected chi connectivity index (χ2v) is 11.2. The first-order valence-electron chi connectivity index (χ1n) is 15.4. The molecule has 1 aromatic carbocycles. The average Bonchev–Trinajstić information content (AvgIpc) is 3.69. The molecule has 0 atom stereocenters. The lowest BCUT2D eigenvalue weighted by molar-refractivity contribution is 0.193. The normalized spacial score (nSPS) is 16.9. The molecule has 2 aliphatic rings. The van der Waals surface area contributed by atoms with Crippen molar-refractivity contribution in [3.63, 3.8) is 0 Å². The Morgan fingerprint density at radius 3 is 2.02 bits per heavy atom. The molecule has 5 aromatic rings. The van der Waals surface area contributed by atoms with Crippen molar-refractivity contribution in [1.82, 2.24) is 30.2 Å². The van der Waals surface area contributed by atoms with Gasteiger partial charge in [0.25, 0.3) is 0 Å². The lowest BCUT2D eigenvalue weighted by Crippen LogP contribution is -2.59. The number of likely N-dealkylation sites (tertiary alicyclic amines) is 1. The number of ether oxygens (including phenoxy) is 2. The van der Waals surface area contributed by atoms with E-state index in [1.54, 1.807) is 19.5 Å². The predicted octanol–water partition coefficient (Wildman–Crippen LogP) is 4.81. The fourth-order valence-corrected chi connectivity index (χ4v) is 6.28. The van der Waals surface area contributed by atoms with E-state index in [2.05, 4.69) is 42.3 Å². The maximum Gasteiger partial charge on any atom is 0.319 e. The molecule has 4 aromatic heterocycles. The lowest BCUT2D eigenvalue weighted by atomic mass is 10.0. The number of hydrogen-bond acceptors (Lipinski definition) is 12. The molecule has 1 N–H and O–H groups in total. The van der Waals surface area contributed by atoms with Crippen LogP contribution in [0.5, 0.6) is 11.5 Å². The number of hydrazine groups is 1. The highest BCUT2D eigenvalue weighted by Gasteiger charge is 2.39. The van der Waals surface area contributed by atoms with Crippen molar-refractivity contribution in [3.8, 4) is 11.5 Å². The SMILES string of the molecule is CCOc1cc(CN2CCC(N(c3nc4cccnc4o3)N(c3nc4cccnc4o3)C3CCNCC3)CC2)ccc1OC. The van der Waals surface area contributed by atoms with Crippen LogP contribution in [0.25, 0.3) is 22.5 Å². The van der Waals surface area contributed by atoms with Gasteiger partial charge in [0.1, 0.15) is 11.0 Å². The minimum atomic E-state index is 0.104. The smallest absolute Gasteiger partial charge is 0.319 e. The highest BCUT2D eigenvalue weighted by Crippen LogP contribution is 2.35. The number of piperidine rings is 2. The molecule has 44 heavy (non-hydrogen) atoms. The van der Waals surface area contributed by atoms with Gasteiger partial charge in [-0.15, -0.1) is 0 Å². The molecule has 230 valence electrons. The van der Waals surface area contributed by atoms with E-state index in [-0.39, 0.29) is 12.1 Å². The van der Waals surface area contributed by atoms with Gasteiger partial charge in [-0.1, -0.05) is 6.07 Å². The Kier molecular flexibility index (Phi) is 8.16. The van der Waals surface area contributed by atoms with Crippen LogP contribution < -0.4 is 24.8 Å². The molecule has 6 heterocycles. The molecule has 0 saturated carbocycles. The van der Waals surface area contributed by atoms with Crippen molar-refractivity contribution in [2.24, 2.45) is 0 Å². The molecule has 2 aliphatic heterocycles. The van der Waals surface area contributed by atoms with E-state index in [1.165, 1.54) is 5.56 Å². The first-order valence-corrected chi connectivity index (χ1v) is 15.4. The monoisotopic (exact) mass is 598 g/mol. The molecule has 7 rings (SSSR count). The Balaban J connectivity index is 1.20. The maximum absolute atomic E-state index is 6.35. The summed E-state index contributed by atoms with van der Waals surface area (Å²) in [6.45, 7) is 7.05. The van der Waals surface area contributed by atoms with Crippen molar-refractivity contribution in [1.29, 1.82) is 0 Å². The first-order chi connectivity index (χ1) is 21.7. The van der Waals surface area contributed by atoms with Gasteiger partial charge in [0.2, 0.25) is 11.4 Å². The number of pyridine rings is 2. The number of nitrogens with zero attached hydrogens (tertiary/aromatic N) is 7. The Labute approximate surface area is 256 Å². The van der Waals surface area contributed by atoms with Crippen LogP contribution in [-0.4, -0.2) is 76.8 Å². The molecule has 0 spiro atoms. The molecule has 0 aliphatic carbocycles. The molecular formula is C32H38N8O4. The minimum absolute atomic E-state index is 0.104. The van der Waals surface area contributed by atoms with E-state index in [9.17, 15) is 0 Å². The first kappa shape index (κ1) is 28.4. The van der Waals surface area contributed by atoms with Crippen LogP contribution in [-0.2, 0) is 6.54 Å². The lowest BCUT2D eigenvalue weighted by Gasteiger charge is -2.46. The van der Waals surface area contributed by atoms with Gasteiger partial charge in [-0.05, 0) is 87.7 Å². The molecule has 2 saturated heterocycles. The van der Waals surface area contributed by atoms with Gasteiger partial charge in [0, 0.05) is 32.0 Å². The Hall–Kier alpha value is -4.42. The van der Waals surface area contributed by atoms with Crippen LogP contribution >= 0.6 is 0 Å². The number of rotatable bonds is 10. The highest BCUT2D eigenvalue weighted by molar-refractivity contribution is 5.72. The number of hydrogen-bond donors (Lipinski definition) is 1. The van der Waals surface area contributed by atoms with Gasteiger partial charge in [-0.3, -0.25) is 4.90 Å². The van der Waals surface area contributed by atoms with Gasteiger partial charge in [0.15, 0.2) is 11.5 Å². The van der Waals surface area contributed by atoms with E-state index in [4.69, 9.17) is 28.3 Å². The fraction of sp³-hybridized carbons (Fsp3) is 0.438. The van der Waals surface area contributed by atoms with Gasteiger partial charge < -0.3 is 23.6 Å². The van der Waals surface area contributed by atoms with Crippen LogP contribution in [0, 0.1) is 0 Å². The highest BCUT2D eigenvalue weighted by atomic mass is 16.5. The zero-order valence-electron chi connectivity index (χ0n) is 25.2. The van der Waals surface area contributed by atoms with Crippen molar-refractivity contribution < 1.29 is 18.3 Å². The van der Waals surface area contributed by atoms with Gasteiger partial charge in [0.05, 0.1) is 25.8 Å². The van der Waals surface area contributed by atoms with Crippen molar-refractivity contribution in [3.05, 3.63) is 60.4 Å². The summed E-state index contributed by atoms with van der Waals surface area (Å²) >= 11 is 0. The second kappa shape index (κ2) is 12.7. The van der Waals surface area contributed by atoms with E-state index in [0.717, 1.165) is 80.9 Å². The number of aromatic nitrogens is 4. The standard InChI is InChI=1S/C32H38N8O4/c1-3-42-28-20-22(8-9-27(28)41-2)21-38-18-12-24(13-19-38)40(32-37-26-7-5-15-35-30(26)44-32)39(23-10-16-33-17-11-23)31-36-25-6-4-14-34-29(25)43-31/h4-9,14-15,20,23-24,33H,3,10-13,16-19,21H2,1-2H3. The summed E-state index contributed by atoms with van der Waals surface area (Å²) in [5, 5.41) is 7.87. The van der Waals surface area contributed by atoms with E-state index in [0.29, 0.717) is 30.1 Å². The molecule has 0 bridgehead atoms. The predicted molar refractivity (Wildman–Crippen MR) is 167 cm³/mol. The van der Waals surface area contributed by atoms with E-state index >= 15 is 0 Å². The Morgan fingerprint density at radius 2 is 1.45 bits per heavy atom. The summed E-state index contributed by atoms with van der Waals surface area (Å²) in [4.78, 5) is 21.2. The third-order valence-corrected chi connectivity index (χ3v) is 8.43. The average molecular weight is 599 g/mol. The minimum Gasteiger partial charge on any atom is -0.493 e. The third-order valence-electron chi connectivity index (χ3n) is 8.43. The van der Waals surface area contributed by atoms with Crippen LogP contribution in [0.3, 0.4) is 0 Å². The van der Waals surface area contributed by atoms with Gasteiger partial charge >= 0.3 is 12.0 Å². The summed E-state index contributed by atoms with van der Waals surface area (Å²) in [6.07, 6.45) is 7.12. The van der Waals surface area contributed by atoms with Crippen LogP contribution in [0.4, 0.5) is 12.0 Å². The quantitative estimate of drug-likeness (QED) is 0.222. The number of oxazole rings is 2. The summed E-state index contributed by atoms with van der Waals surface area (Å²) in [5.41, 5.74) is 3.67. The van der Waals surface area contributed by atoms with Crippen molar-refractivity contribution in [2.75, 3.05) is 49.9 Å². The molecule has 0 radical (unpaired) electrons. The largest absolute Gasteiger partial charge is 0.493 e. The molecule has 12 nitrogen and oxygen atoms in total. The number of fused-ring (bicyclic) bond motifs is 2. The van der Waals surface area contributed by atoms with E-state index < -0.39 is 0 Å². The zero-order chi connectivity index (χ0) is 29.9. The number of nitrogens with one attached hydrogen (secondary N) is 1. The third kappa shape index (κ3) is 5.74. The van der Waals surface area contributed by atoms with Crippen LogP contribution in [0.15, 0.2) is 63.7 Å². The summed E-state index contributed by atoms with van der Waals surface area (Å²) < 4.78 is 24.0. The van der Waals surface area contributed by atoms with Crippen molar-refractivity contribution >= 4 is 34.5 Å².